The molecule has 3 heteroatoms. The Hall–Kier alpha value is -2.03. The minimum Gasteiger partial charge on any atom is -0.388 e. The van der Waals surface area contributed by atoms with E-state index in [1.165, 1.54) is 16.5 Å². The van der Waals surface area contributed by atoms with Crippen LogP contribution in [0, 0.1) is 0 Å². The quantitative estimate of drug-likeness (QED) is 0.792. The largest absolute Gasteiger partial charge is 0.388 e. The van der Waals surface area contributed by atoms with Gasteiger partial charge < -0.3 is 10.3 Å². The Bertz CT molecular complexity index is 581. The summed E-state index contributed by atoms with van der Waals surface area (Å²) in [5, 5.41) is 4.51. The van der Waals surface area contributed by atoms with Crippen molar-refractivity contribution in [3.63, 3.8) is 0 Å². The average molecular weight is 242 g/mol. The molecule has 0 saturated carbocycles. The van der Waals surface area contributed by atoms with Crippen LogP contribution in [0.1, 0.15) is 19.4 Å². The fourth-order valence-corrected chi connectivity index (χ4v) is 2.09. The van der Waals surface area contributed by atoms with Crippen LogP contribution in [-0.4, -0.2) is 17.3 Å². The van der Waals surface area contributed by atoms with Crippen LogP contribution in [-0.2, 0) is 11.2 Å². The van der Waals surface area contributed by atoms with Gasteiger partial charge in [0.2, 0.25) is 0 Å². The van der Waals surface area contributed by atoms with Gasteiger partial charge in [0.1, 0.15) is 0 Å². The first-order valence-corrected chi connectivity index (χ1v) is 6.14. The van der Waals surface area contributed by atoms with E-state index in [9.17, 15) is 4.79 Å². The molecule has 0 radical (unpaired) electrons. The fraction of sp³-hybridized carbons (Fsp3) is 0.267. The normalized spacial score (nSPS) is 11.8. The lowest BCUT2D eigenvalue weighted by Gasteiger charge is -2.05. The first-order valence-electron chi connectivity index (χ1n) is 6.14. The number of carbonyl (C=O) groups excluding carboxylic acids is 1. The summed E-state index contributed by atoms with van der Waals surface area (Å²) in [6, 6.07) is 8.28. The second kappa shape index (κ2) is 5.54. The van der Waals surface area contributed by atoms with Gasteiger partial charge in [-0.25, -0.2) is 0 Å². The second-order valence-corrected chi connectivity index (χ2v) is 4.47. The summed E-state index contributed by atoms with van der Waals surface area (Å²) >= 11 is 0. The van der Waals surface area contributed by atoms with Crippen molar-refractivity contribution in [2.24, 2.45) is 0 Å². The van der Waals surface area contributed by atoms with E-state index in [-0.39, 0.29) is 5.78 Å². The lowest BCUT2D eigenvalue weighted by Crippen LogP contribution is -2.15. The number of allylic oxidation sites excluding steroid dienone is 2. The zero-order valence-electron chi connectivity index (χ0n) is 10.8. The molecule has 18 heavy (non-hydrogen) atoms. The minimum absolute atomic E-state index is 0.0760. The Morgan fingerprint density at radius 3 is 2.89 bits per heavy atom. The van der Waals surface area contributed by atoms with Gasteiger partial charge in [-0.15, -0.1) is 0 Å². The van der Waals surface area contributed by atoms with Gasteiger partial charge in [-0.05, 0) is 38.0 Å². The van der Waals surface area contributed by atoms with E-state index in [0.717, 1.165) is 18.7 Å². The molecule has 0 amide bonds. The third-order valence-electron chi connectivity index (χ3n) is 2.89. The van der Waals surface area contributed by atoms with Crippen molar-refractivity contribution in [3.05, 3.63) is 47.8 Å². The monoisotopic (exact) mass is 242 g/mol. The van der Waals surface area contributed by atoms with Crippen LogP contribution in [0.4, 0.5) is 0 Å². The highest BCUT2D eigenvalue weighted by molar-refractivity contribution is 5.87. The second-order valence-electron chi connectivity index (χ2n) is 4.47. The molecule has 1 aromatic carbocycles. The molecule has 0 spiro atoms. The Morgan fingerprint density at radius 2 is 2.11 bits per heavy atom. The first kappa shape index (κ1) is 12.4. The maximum Gasteiger partial charge on any atom is 0.154 e. The van der Waals surface area contributed by atoms with Crippen LogP contribution < -0.4 is 5.32 Å². The molecule has 94 valence electrons. The van der Waals surface area contributed by atoms with Crippen LogP contribution in [0.2, 0.25) is 0 Å². The summed E-state index contributed by atoms with van der Waals surface area (Å²) in [6.45, 7) is 4.30. The maximum atomic E-state index is 10.9. The van der Waals surface area contributed by atoms with Crippen molar-refractivity contribution in [3.8, 4) is 0 Å². The van der Waals surface area contributed by atoms with E-state index >= 15 is 0 Å². The van der Waals surface area contributed by atoms with Crippen LogP contribution >= 0.6 is 0 Å². The van der Waals surface area contributed by atoms with Gasteiger partial charge in [0.25, 0.3) is 0 Å². The maximum absolute atomic E-state index is 10.9. The van der Waals surface area contributed by atoms with E-state index in [0.29, 0.717) is 0 Å². The SMILES string of the molecule is CC(=O)/C=C(/C)NCCc1c[nH]c2ccccc12. The van der Waals surface area contributed by atoms with Crippen LogP contribution in [0.25, 0.3) is 10.9 Å². The van der Waals surface area contributed by atoms with E-state index in [4.69, 9.17) is 0 Å². The van der Waals surface area contributed by atoms with E-state index in [1.54, 1.807) is 13.0 Å². The molecule has 0 unspecified atom stereocenters. The molecule has 0 aliphatic rings. The lowest BCUT2D eigenvalue weighted by atomic mass is 10.1. The number of aromatic nitrogens is 1. The molecule has 0 saturated heterocycles. The summed E-state index contributed by atoms with van der Waals surface area (Å²) < 4.78 is 0. The molecule has 3 nitrogen and oxygen atoms in total. The predicted molar refractivity (Wildman–Crippen MR) is 74.4 cm³/mol. The van der Waals surface area contributed by atoms with Gasteiger partial charge in [0.15, 0.2) is 5.78 Å². The smallest absolute Gasteiger partial charge is 0.154 e. The molecule has 1 aromatic heterocycles. The number of nitrogens with one attached hydrogen (secondary N) is 2. The third kappa shape index (κ3) is 3.00. The van der Waals surface area contributed by atoms with Crippen molar-refractivity contribution in [1.29, 1.82) is 0 Å². The highest BCUT2D eigenvalue weighted by Gasteiger charge is 2.02. The molecule has 0 bridgehead atoms. The van der Waals surface area contributed by atoms with Crippen molar-refractivity contribution in [2.75, 3.05) is 6.54 Å². The number of aromatic amines is 1. The van der Waals surface area contributed by atoms with Gasteiger partial charge in [0.05, 0.1) is 0 Å². The molecule has 2 N–H and O–H groups in total. The van der Waals surface area contributed by atoms with Gasteiger partial charge in [-0.3, -0.25) is 4.79 Å². The van der Waals surface area contributed by atoms with Gasteiger partial charge in [0, 0.05) is 29.3 Å². The number of hydrogen-bond donors (Lipinski definition) is 2. The van der Waals surface area contributed by atoms with Crippen molar-refractivity contribution >= 4 is 16.7 Å². The van der Waals surface area contributed by atoms with E-state index < -0.39 is 0 Å². The topological polar surface area (TPSA) is 44.9 Å². The van der Waals surface area contributed by atoms with Gasteiger partial charge >= 0.3 is 0 Å². The summed E-state index contributed by atoms with van der Waals surface area (Å²) in [4.78, 5) is 14.2. The number of carbonyl (C=O) groups is 1. The zero-order chi connectivity index (χ0) is 13.0. The van der Waals surface area contributed by atoms with Crippen LogP contribution in [0.15, 0.2) is 42.2 Å². The van der Waals surface area contributed by atoms with Crippen molar-refractivity contribution in [2.45, 2.75) is 20.3 Å². The molecule has 0 atom stereocenters. The summed E-state index contributed by atoms with van der Waals surface area (Å²) in [5.74, 6) is 0.0760. The lowest BCUT2D eigenvalue weighted by molar-refractivity contribution is -0.112. The average Bonchev–Trinajstić information content (AvgIpc) is 2.72. The number of fused-ring (bicyclic) bond motifs is 1. The fourth-order valence-electron chi connectivity index (χ4n) is 2.09. The van der Waals surface area contributed by atoms with Gasteiger partial charge in [-0.1, -0.05) is 18.2 Å². The molecular weight excluding hydrogens is 224 g/mol. The first-order chi connectivity index (χ1) is 8.66. The highest BCUT2D eigenvalue weighted by atomic mass is 16.1. The molecule has 2 rings (SSSR count). The molecule has 0 aliphatic carbocycles. The third-order valence-corrected chi connectivity index (χ3v) is 2.89. The molecule has 2 aromatic rings. The number of para-hydroxylation sites is 1. The molecule has 0 aliphatic heterocycles. The van der Waals surface area contributed by atoms with Crippen molar-refractivity contribution < 1.29 is 4.79 Å². The standard InChI is InChI=1S/C15H18N2O/c1-11(9-12(2)18)16-8-7-13-10-17-15-6-4-3-5-14(13)15/h3-6,9-10,16-17H,7-8H2,1-2H3/b11-9-. The molecule has 0 fully saturated rings. The molecular formula is C15H18N2O. The number of rotatable bonds is 5. The Balaban J connectivity index is 1.97. The Morgan fingerprint density at radius 1 is 1.33 bits per heavy atom. The number of ketones is 1. The number of H-pyrrole nitrogens is 1. The number of hydrogen-bond acceptors (Lipinski definition) is 2. The molecule has 1 heterocycles. The predicted octanol–water partition coefficient (Wildman–Crippen LogP) is 2.79. The van der Waals surface area contributed by atoms with Crippen LogP contribution in [0.5, 0.6) is 0 Å². The summed E-state index contributed by atoms with van der Waals surface area (Å²) in [5.41, 5.74) is 3.39. The Labute approximate surface area is 107 Å². The van der Waals surface area contributed by atoms with Gasteiger partial charge in [-0.2, -0.15) is 0 Å². The van der Waals surface area contributed by atoms with E-state index in [1.807, 2.05) is 19.1 Å². The Kier molecular flexibility index (Phi) is 3.82. The van der Waals surface area contributed by atoms with Crippen molar-refractivity contribution in [1.82, 2.24) is 10.3 Å². The highest BCUT2D eigenvalue weighted by Crippen LogP contribution is 2.17. The van der Waals surface area contributed by atoms with Crippen LogP contribution in [0.3, 0.4) is 0 Å². The van der Waals surface area contributed by atoms with E-state index in [2.05, 4.69) is 28.6 Å². The number of benzene rings is 1. The minimum atomic E-state index is 0.0760. The summed E-state index contributed by atoms with van der Waals surface area (Å²) in [6.07, 6.45) is 4.61. The summed E-state index contributed by atoms with van der Waals surface area (Å²) in [7, 11) is 0. The zero-order valence-corrected chi connectivity index (χ0v) is 10.8.